The highest BCUT2D eigenvalue weighted by Crippen LogP contribution is 2.33. The second kappa shape index (κ2) is 11.8. The molecule has 0 radical (unpaired) electrons. The zero-order chi connectivity index (χ0) is 21.2. The van der Waals surface area contributed by atoms with Crippen molar-refractivity contribution < 1.29 is 9.53 Å². The minimum atomic E-state index is -0.141. The zero-order valence-corrected chi connectivity index (χ0v) is 18.9. The molecule has 0 atom stereocenters. The fraction of sp³-hybridized carbons (Fsp3) is 0.333. The van der Waals surface area contributed by atoms with Gasteiger partial charge in [-0.1, -0.05) is 81.1 Å². The molecule has 2 aromatic rings. The lowest BCUT2D eigenvalue weighted by Gasteiger charge is -2.16. The van der Waals surface area contributed by atoms with Crippen LogP contribution in [0.4, 0.5) is 5.69 Å². The zero-order valence-electron chi connectivity index (χ0n) is 17.3. The normalized spacial score (nSPS) is 15.1. The topological polar surface area (TPSA) is 41.6 Å². The molecule has 0 aromatic heterocycles. The van der Waals surface area contributed by atoms with Gasteiger partial charge in [-0.15, -0.1) is 0 Å². The molecule has 0 unspecified atom stereocenters. The fourth-order valence-electron chi connectivity index (χ4n) is 3.09. The molecule has 1 aliphatic rings. The molecule has 1 saturated heterocycles. The number of benzene rings is 2. The van der Waals surface area contributed by atoms with Crippen molar-refractivity contribution in [1.82, 2.24) is 5.01 Å². The SMILES string of the molecule is CCCCCCCCOc1ccc(/C=C2\SC(=S)N(Nc3ccccc3)C2=O)cc1. The van der Waals surface area contributed by atoms with Crippen molar-refractivity contribution in [3.8, 4) is 5.75 Å². The van der Waals surface area contributed by atoms with Crippen molar-refractivity contribution in [2.75, 3.05) is 12.0 Å². The molecule has 0 aliphatic carbocycles. The predicted octanol–water partition coefficient (Wildman–Crippen LogP) is 6.65. The summed E-state index contributed by atoms with van der Waals surface area (Å²) in [6.07, 6.45) is 9.37. The first-order valence-corrected chi connectivity index (χ1v) is 11.7. The molecule has 3 rings (SSSR count). The first kappa shape index (κ1) is 22.4. The van der Waals surface area contributed by atoms with E-state index >= 15 is 0 Å². The van der Waals surface area contributed by atoms with Crippen molar-refractivity contribution in [2.45, 2.75) is 45.4 Å². The summed E-state index contributed by atoms with van der Waals surface area (Å²) in [7, 11) is 0. The number of unbranched alkanes of at least 4 members (excludes halogenated alkanes) is 5. The maximum atomic E-state index is 12.7. The molecule has 1 heterocycles. The molecular formula is C24H28N2O2S2. The van der Waals surface area contributed by atoms with Crippen LogP contribution < -0.4 is 10.2 Å². The molecule has 0 bridgehead atoms. The van der Waals surface area contributed by atoms with E-state index in [1.807, 2.05) is 60.7 Å². The highest BCUT2D eigenvalue weighted by molar-refractivity contribution is 8.26. The van der Waals surface area contributed by atoms with Crippen molar-refractivity contribution >= 4 is 46.0 Å². The van der Waals surface area contributed by atoms with Crippen molar-refractivity contribution in [1.29, 1.82) is 0 Å². The van der Waals surface area contributed by atoms with Crippen LogP contribution >= 0.6 is 24.0 Å². The minimum absolute atomic E-state index is 0.141. The Morgan fingerprint density at radius 2 is 1.70 bits per heavy atom. The minimum Gasteiger partial charge on any atom is -0.494 e. The summed E-state index contributed by atoms with van der Waals surface area (Å²) in [5.41, 5.74) is 4.84. The van der Waals surface area contributed by atoms with Crippen LogP contribution in [-0.4, -0.2) is 21.8 Å². The van der Waals surface area contributed by atoms with Gasteiger partial charge in [0.2, 0.25) is 0 Å². The van der Waals surface area contributed by atoms with Gasteiger partial charge < -0.3 is 4.74 Å². The van der Waals surface area contributed by atoms with Gasteiger partial charge in [-0.25, -0.2) is 5.01 Å². The highest BCUT2D eigenvalue weighted by Gasteiger charge is 2.32. The molecule has 1 aliphatic heterocycles. The number of rotatable bonds is 11. The molecule has 0 spiro atoms. The van der Waals surface area contributed by atoms with Crippen LogP contribution in [0.5, 0.6) is 5.75 Å². The summed E-state index contributed by atoms with van der Waals surface area (Å²) in [5.74, 6) is 0.719. The average molecular weight is 441 g/mol. The number of nitrogens with zero attached hydrogens (tertiary/aromatic N) is 1. The third kappa shape index (κ3) is 6.61. The summed E-state index contributed by atoms with van der Waals surface area (Å²) in [6, 6.07) is 17.4. The van der Waals surface area contributed by atoms with Crippen LogP contribution in [0.2, 0.25) is 0 Å². The Kier molecular flexibility index (Phi) is 8.78. The van der Waals surface area contributed by atoms with E-state index in [0.29, 0.717) is 9.23 Å². The first-order valence-electron chi connectivity index (χ1n) is 10.5. The number of thiocarbonyl (C=S) groups is 1. The summed E-state index contributed by atoms with van der Waals surface area (Å²) in [5, 5.41) is 1.42. The van der Waals surface area contributed by atoms with Gasteiger partial charge in [0, 0.05) is 0 Å². The quantitative estimate of drug-likeness (QED) is 0.240. The van der Waals surface area contributed by atoms with Crippen LogP contribution in [0.25, 0.3) is 6.08 Å². The van der Waals surface area contributed by atoms with Gasteiger partial charge in [0.05, 0.1) is 17.2 Å². The van der Waals surface area contributed by atoms with E-state index in [4.69, 9.17) is 17.0 Å². The van der Waals surface area contributed by atoms with E-state index in [2.05, 4.69) is 12.3 Å². The van der Waals surface area contributed by atoms with Gasteiger partial charge in [-0.05, 0) is 54.5 Å². The third-order valence-electron chi connectivity index (χ3n) is 4.75. The number of carbonyl (C=O) groups excluding carboxylic acids is 1. The number of ether oxygens (including phenoxy) is 1. The molecule has 2 aromatic carbocycles. The number of carbonyl (C=O) groups is 1. The van der Waals surface area contributed by atoms with Gasteiger partial charge >= 0.3 is 0 Å². The van der Waals surface area contributed by atoms with Gasteiger partial charge in [0.25, 0.3) is 5.91 Å². The smallest absolute Gasteiger partial charge is 0.285 e. The van der Waals surface area contributed by atoms with Crippen molar-refractivity contribution in [2.24, 2.45) is 0 Å². The molecule has 0 saturated carbocycles. The Balaban J connectivity index is 1.50. The van der Waals surface area contributed by atoms with E-state index < -0.39 is 0 Å². The predicted molar refractivity (Wildman–Crippen MR) is 130 cm³/mol. The van der Waals surface area contributed by atoms with Gasteiger partial charge in [-0.2, -0.15) is 0 Å². The maximum Gasteiger partial charge on any atom is 0.285 e. The van der Waals surface area contributed by atoms with E-state index in [1.165, 1.54) is 48.9 Å². The Morgan fingerprint density at radius 1 is 1.00 bits per heavy atom. The van der Waals surface area contributed by atoms with Gasteiger partial charge in [0.1, 0.15) is 5.75 Å². The third-order valence-corrected chi connectivity index (χ3v) is 6.06. The van der Waals surface area contributed by atoms with Crippen molar-refractivity contribution in [3.05, 3.63) is 65.1 Å². The van der Waals surface area contributed by atoms with Crippen LogP contribution in [0.3, 0.4) is 0 Å². The monoisotopic (exact) mass is 440 g/mol. The highest BCUT2D eigenvalue weighted by atomic mass is 32.2. The fourth-order valence-corrected chi connectivity index (χ4v) is 4.27. The lowest BCUT2D eigenvalue weighted by atomic mass is 10.1. The van der Waals surface area contributed by atoms with Crippen molar-refractivity contribution in [3.63, 3.8) is 0 Å². The summed E-state index contributed by atoms with van der Waals surface area (Å²) in [6.45, 7) is 2.98. The van der Waals surface area contributed by atoms with Crippen LogP contribution in [0.15, 0.2) is 59.5 Å². The molecule has 4 nitrogen and oxygen atoms in total. The number of nitrogens with one attached hydrogen (secondary N) is 1. The Hall–Kier alpha value is -2.31. The van der Waals surface area contributed by atoms with E-state index in [-0.39, 0.29) is 5.91 Å². The Labute approximate surface area is 188 Å². The number of thioether (sulfide) groups is 1. The van der Waals surface area contributed by atoms with Crippen LogP contribution in [0, 0.1) is 0 Å². The molecule has 6 heteroatoms. The molecule has 1 amide bonds. The second-order valence-corrected chi connectivity index (χ2v) is 8.86. The molecule has 30 heavy (non-hydrogen) atoms. The lowest BCUT2D eigenvalue weighted by Crippen LogP contribution is -2.33. The standard InChI is InChI=1S/C24H28N2O2S2/c1-2-3-4-5-6-10-17-28-21-15-13-19(14-16-21)18-22-23(27)26(24(29)30-22)25-20-11-8-7-9-12-20/h7-9,11-16,18,25H,2-6,10,17H2,1H3/b22-18-. The van der Waals surface area contributed by atoms with Crippen LogP contribution in [0.1, 0.15) is 51.0 Å². The largest absolute Gasteiger partial charge is 0.494 e. The summed E-state index contributed by atoms with van der Waals surface area (Å²) in [4.78, 5) is 13.3. The lowest BCUT2D eigenvalue weighted by molar-refractivity contribution is -0.121. The number of para-hydroxylation sites is 1. The Morgan fingerprint density at radius 3 is 2.43 bits per heavy atom. The molecule has 1 fully saturated rings. The average Bonchev–Trinajstić information content (AvgIpc) is 3.02. The Bertz CT molecular complexity index is 867. The maximum absolute atomic E-state index is 12.7. The molecular weight excluding hydrogens is 412 g/mol. The van der Waals surface area contributed by atoms with Gasteiger partial charge in [0.15, 0.2) is 4.32 Å². The van der Waals surface area contributed by atoms with Gasteiger partial charge in [-0.3, -0.25) is 10.2 Å². The summed E-state index contributed by atoms with van der Waals surface area (Å²) >= 11 is 6.67. The number of hydrogen-bond acceptors (Lipinski definition) is 5. The van der Waals surface area contributed by atoms with E-state index in [1.54, 1.807) is 0 Å². The number of hydrogen-bond donors (Lipinski definition) is 1. The van der Waals surface area contributed by atoms with E-state index in [0.717, 1.165) is 30.0 Å². The van der Waals surface area contributed by atoms with E-state index in [9.17, 15) is 4.79 Å². The molecule has 158 valence electrons. The number of amides is 1. The molecule has 1 N–H and O–H groups in total. The second-order valence-electron chi connectivity index (χ2n) is 7.18. The first-order chi connectivity index (χ1) is 14.7. The summed E-state index contributed by atoms with van der Waals surface area (Å²) < 4.78 is 6.32. The van der Waals surface area contributed by atoms with Crippen LogP contribution in [-0.2, 0) is 4.79 Å². The number of anilines is 1. The number of hydrazine groups is 1.